The van der Waals surface area contributed by atoms with Gasteiger partial charge in [0, 0.05) is 61.2 Å². The molecule has 5 heteroatoms. The molecule has 0 amide bonds. The monoisotopic (exact) mass is 735 g/mol. The summed E-state index contributed by atoms with van der Waals surface area (Å²) in [6.07, 6.45) is 0. The van der Waals surface area contributed by atoms with Crippen molar-refractivity contribution < 1.29 is 4.42 Å². The first-order chi connectivity index (χ1) is 27.8. The SMILES string of the molecule is c1ccc(N(c2cccc(-c3nc4c5ccccc5c5ccccc5c4s3)c2)c2cccc(N(c3ccccc3)c3ccc4oc5ccccc5c4c3)c2)cc1. The smallest absolute Gasteiger partial charge is 0.135 e. The Morgan fingerprint density at radius 1 is 0.357 bits per heavy atom. The van der Waals surface area contributed by atoms with Crippen molar-refractivity contribution in [2.75, 3.05) is 9.80 Å². The van der Waals surface area contributed by atoms with E-state index in [1.165, 1.54) is 26.2 Å². The second kappa shape index (κ2) is 13.3. The summed E-state index contributed by atoms with van der Waals surface area (Å²) in [5.74, 6) is 0. The minimum absolute atomic E-state index is 0.876. The predicted molar refractivity (Wildman–Crippen MR) is 237 cm³/mol. The summed E-state index contributed by atoms with van der Waals surface area (Å²) in [6, 6.07) is 70.8. The number of hydrogen-bond donors (Lipinski definition) is 0. The fourth-order valence-electron chi connectivity index (χ4n) is 8.10. The lowest BCUT2D eigenvalue weighted by Gasteiger charge is -2.29. The second-order valence-electron chi connectivity index (χ2n) is 14.0. The summed E-state index contributed by atoms with van der Waals surface area (Å²) in [4.78, 5) is 9.99. The Morgan fingerprint density at radius 2 is 0.857 bits per heavy atom. The van der Waals surface area contributed by atoms with E-state index in [2.05, 4.69) is 198 Å². The van der Waals surface area contributed by atoms with Crippen LogP contribution in [0.2, 0.25) is 0 Å². The number of rotatable bonds is 7. The Kier molecular flexibility index (Phi) is 7.64. The van der Waals surface area contributed by atoms with Crippen molar-refractivity contribution in [3.63, 3.8) is 0 Å². The summed E-state index contributed by atoms with van der Waals surface area (Å²) in [7, 11) is 0. The molecule has 0 saturated carbocycles. The molecule has 0 aliphatic carbocycles. The molecule has 11 rings (SSSR count). The van der Waals surface area contributed by atoms with Crippen LogP contribution in [0.3, 0.4) is 0 Å². The van der Waals surface area contributed by atoms with E-state index in [1.54, 1.807) is 11.3 Å². The maximum atomic E-state index is 6.21. The molecule has 0 saturated heterocycles. The molecule has 4 nitrogen and oxygen atoms in total. The molecule has 264 valence electrons. The van der Waals surface area contributed by atoms with Gasteiger partial charge in [-0.05, 0) is 89.6 Å². The number of nitrogens with zero attached hydrogens (tertiary/aromatic N) is 3. The van der Waals surface area contributed by atoms with Crippen LogP contribution in [0.15, 0.2) is 205 Å². The lowest BCUT2D eigenvalue weighted by Crippen LogP contribution is -2.13. The molecule has 0 fully saturated rings. The highest BCUT2D eigenvalue weighted by molar-refractivity contribution is 7.22. The molecule has 0 radical (unpaired) electrons. The van der Waals surface area contributed by atoms with Crippen LogP contribution in [-0.4, -0.2) is 4.98 Å². The Balaban J connectivity index is 1.05. The van der Waals surface area contributed by atoms with Gasteiger partial charge in [0.15, 0.2) is 0 Å². The van der Waals surface area contributed by atoms with Gasteiger partial charge in [-0.15, -0.1) is 11.3 Å². The van der Waals surface area contributed by atoms with Crippen molar-refractivity contribution in [1.82, 2.24) is 4.98 Å². The van der Waals surface area contributed by atoms with Crippen molar-refractivity contribution in [2.24, 2.45) is 0 Å². The molecular formula is C51H33N3OS. The van der Waals surface area contributed by atoms with Gasteiger partial charge >= 0.3 is 0 Å². The quantitative estimate of drug-likeness (QED) is 0.153. The summed E-state index contributed by atoms with van der Waals surface area (Å²) >= 11 is 1.77. The molecule has 0 aliphatic heterocycles. The number of benzene rings is 9. The van der Waals surface area contributed by atoms with E-state index in [0.29, 0.717) is 0 Å². The zero-order chi connectivity index (χ0) is 37.0. The van der Waals surface area contributed by atoms with Crippen LogP contribution in [0.25, 0.3) is 64.3 Å². The highest BCUT2D eigenvalue weighted by Crippen LogP contribution is 2.44. The largest absolute Gasteiger partial charge is 0.456 e. The Hall–Kier alpha value is -7.21. The van der Waals surface area contributed by atoms with Crippen LogP contribution in [-0.2, 0) is 0 Å². The maximum absolute atomic E-state index is 6.21. The number of thiazole rings is 1. The second-order valence-corrected chi connectivity index (χ2v) is 15.0. The van der Waals surface area contributed by atoms with E-state index in [1.807, 2.05) is 12.1 Å². The average Bonchev–Trinajstić information content (AvgIpc) is 3.88. The Bertz CT molecular complexity index is 3150. The number of hydrogen-bond acceptors (Lipinski definition) is 5. The molecule has 0 bridgehead atoms. The fraction of sp³-hybridized carbons (Fsp3) is 0. The Morgan fingerprint density at radius 3 is 1.55 bits per heavy atom. The van der Waals surface area contributed by atoms with Crippen molar-refractivity contribution in [1.29, 1.82) is 0 Å². The van der Waals surface area contributed by atoms with Gasteiger partial charge in [0.25, 0.3) is 0 Å². The molecule has 0 spiro atoms. The lowest BCUT2D eigenvalue weighted by molar-refractivity contribution is 0.669. The Labute approximate surface area is 327 Å². The summed E-state index contributed by atoms with van der Waals surface area (Å²) in [5, 5.41) is 8.13. The van der Waals surface area contributed by atoms with Gasteiger partial charge in [0.1, 0.15) is 16.2 Å². The highest BCUT2D eigenvalue weighted by atomic mass is 32.1. The molecule has 9 aromatic carbocycles. The van der Waals surface area contributed by atoms with E-state index >= 15 is 0 Å². The fourth-order valence-corrected chi connectivity index (χ4v) is 9.22. The maximum Gasteiger partial charge on any atom is 0.135 e. The van der Waals surface area contributed by atoms with E-state index in [9.17, 15) is 0 Å². The molecule has 56 heavy (non-hydrogen) atoms. The molecule has 2 heterocycles. The molecule has 0 N–H and O–H groups in total. The van der Waals surface area contributed by atoms with Gasteiger partial charge in [-0.2, -0.15) is 0 Å². The standard InChI is InChI=1S/C51H33N3OS/c1-3-16-35(17-4-1)53(37-20-13-15-34(31-37)51-52-49-44-26-9-7-23-41(44)42-24-8-10-27-45(42)50(49)56-51)38-21-14-22-39(32-38)54(36-18-5-2-6-19-36)40-29-30-48-46(33-40)43-25-11-12-28-47(43)55-48/h1-33H. The van der Waals surface area contributed by atoms with E-state index < -0.39 is 0 Å². The average molecular weight is 736 g/mol. The lowest BCUT2D eigenvalue weighted by atomic mass is 10.0. The summed E-state index contributed by atoms with van der Waals surface area (Å²) in [6.45, 7) is 0. The van der Waals surface area contributed by atoms with Crippen molar-refractivity contribution in [3.8, 4) is 10.6 Å². The van der Waals surface area contributed by atoms with Crippen LogP contribution in [0, 0.1) is 0 Å². The molecule has 0 unspecified atom stereocenters. The third-order valence-electron chi connectivity index (χ3n) is 10.6. The van der Waals surface area contributed by atoms with Crippen molar-refractivity contribution in [2.45, 2.75) is 0 Å². The van der Waals surface area contributed by atoms with Crippen molar-refractivity contribution >= 4 is 99.2 Å². The van der Waals surface area contributed by atoms with E-state index in [0.717, 1.165) is 72.2 Å². The first kappa shape index (κ1) is 32.2. The van der Waals surface area contributed by atoms with Gasteiger partial charge in [-0.1, -0.05) is 121 Å². The summed E-state index contributed by atoms with van der Waals surface area (Å²) < 4.78 is 7.43. The van der Waals surface area contributed by atoms with Crippen molar-refractivity contribution in [3.05, 3.63) is 200 Å². The van der Waals surface area contributed by atoms with Crippen LogP contribution >= 0.6 is 11.3 Å². The zero-order valence-electron chi connectivity index (χ0n) is 30.2. The van der Waals surface area contributed by atoms with E-state index in [-0.39, 0.29) is 0 Å². The molecule has 0 aliphatic rings. The van der Waals surface area contributed by atoms with Gasteiger partial charge in [0.05, 0.1) is 10.2 Å². The topological polar surface area (TPSA) is 32.5 Å². The first-order valence-electron chi connectivity index (χ1n) is 18.8. The predicted octanol–water partition coefficient (Wildman–Crippen LogP) is 15.1. The minimum atomic E-state index is 0.876. The minimum Gasteiger partial charge on any atom is -0.456 e. The first-order valence-corrected chi connectivity index (χ1v) is 19.6. The van der Waals surface area contributed by atoms with Crippen LogP contribution < -0.4 is 9.80 Å². The number of anilines is 6. The van der Waals surface area contributed by atoms with Crippen LogP contribution in [0.1, 0.15) is 0 Å². The number of furan rings is 1. The van der Waals surface area contributed by atoms with Gasteiger partial charge in [0.2, 0.25) is 0 Å². The number of aromatic nitrogens is 1. The van der Waals surface area contributed by atoms with E-state index in [4.69, 9.17) is 9.40 Å². The number of fused-ring (bicyclic) bond motifs is 9. The van der Waals surface area contributed by atoms with Crippen LogP contribution in [0.4, 0.5) is 34.1 Å². The molecule has 11 aromatic rings. The highest BCUT2D eigenvalue weighted by Gasteiger charge is 2.20. The van der Waals surface area contributed by atoms with Gasteiger partial charge in [-0.3, -0.25) is 0 Å². The van der Waals surface area contributed by atoms with Gasteiger partial charge < -0.3 is 14.2 Å². The zero-order valence-corrected chi connectivity index (χ0v) is 31.0. The molecule has 0 atom stereocenters. The molecule has 2 aromatic heterocycles. The van der Waals surface area contributed by atoms with Crippen LogP contribution in [0.5, 0.6) is 0 Å². The third-order valence-corrected chi connectivity index (χ3v) is 11.8. The normalized spacial score (nSPS) is 11.6. The van der Waals surface area contributed by atoms with Gasteiger partial charge in [-0.25, -0.2) is 4.98 Å². The summed E-state index contributed by atoms with van der Waals surface area (Å²) in [5.41, 5.74) is 10.2. The number of para-hydroxylation sites is 3. The molecular weight excluding hydrogens is 703 g/mol. The third kappa shape index (κ3) is 5.40.